The second-order valence-corrected chi connectivity index (χ2v) is 8.23. The lowest BCUT2D eigenvalue weighted by atomic mass is 9.93. The number of nitrogens with zero attached hydrogens (tertiary/aromatic N) is 1. The molecule has 1 atom stereocenters. The largest absolute Gasteiger partial charge is 0.507 e. The predicted molar refractivity (Wildman–Crippen MR) is 124 cm³/mol. The minimum absolute atomic E-state index is 0.0833. The Bertz CT molecular complexity index is 1110. The highest BCUT2D eigenvalue weighted by Crippen LogP contribution is 2.42. The summed E-state index contributed by atoms with van der Waals surface area (Å²) in [6.07, 6.45) is 3.34. The fourth-order valence-electron chi connectivity index (χ4n) is 4.47. The lowest BCUT2D eigenvalue weighted by Crippen LogP contribution is -2.30. The number of unbranched alkanes of at least 4 members (excludes halogenated alkanes) is 1. The normalized spacial score (nSPS) is 19.2. The molecule has 0 spiro atoms. The first-order valence-electron chi connectivity index (χ1n) is 11.3. The molecular formula is C26H29NO6. The maximum absolute atomic E-state index is 13.2. The zero-order valence-corrected chi connectivity index (χ0v) is 19.2. The first-order valence-corrected chi connectivity index (χ1v) is 11.3. The molecule has 1 saturated heterocycles. The van der Waals surface area contributed by atoms with Gasteiger partial charge in [0, 0.05) is 12.1 Å². The molecule has 4 rings (SSSR count). The van der Waals surface area contributed by atoms with E-state index < -0.39 is 17.7 Å². The number of Topliss-reactive ketones (excluding diaryl/α,β-unsaturated/α-hetero) is 1. The molecule has 0 saturated carbocycles. The Morgan fingerprint density at radius 3 is 2.64 bits per heavy atom. The molecule has 174 valence electrons. The van der Waals surface area contributed by atoms with Crippen LogP contribution in [0.4, 0.5) is 0 Å². The van der Waals surface area contributed by atoms with Crippen LogP contribution in [0, 0.1) is 0 Å². The molecule has 33 heavy (non-hydrogen) atoms. The van der Waals surface area contributed by atoms with Crippen molar-refractivity contribution in [3.63, 3.8) is 0 Å². The Balaban J connectivity index is 1.85. The fraction of sp³-hybridized carbons (Fsp3) is 0.385. The van der Waals surface area contributed by atoms with E-state index in [2.05, 4.69) is 0 Å². The van der Waals surface area contributed by atoms with Crippen LogP contribution in [0.25, 0.3) is 5.76 Å². The topological polar surface area (TPSA) is 85.3 Å². The van der Waals surface area contributed by atoms with Gasteiger partial charge in [-0.25, -0.2) is 0 Å². The summed E-state index contributed by atoms with van der Waals surface area (Å²) in [5, 5.41) is 11.3. The fourth-order valence-corrected chi connectivity index (χ4v) is 4.47. The van der Waals surface area contributed by atoms with Crippen LogP contribution in [0.5, 0.6) is 17.2 Å². The smallest absolute Gasteiger partial charge is 0.295 e. The summed E-state index contributed by atoms with van der Waals surface area (Å²) in [7, 11) is 3.08. The number of carbonyl (C=O) groups is 2. The highest BCUT2D eigenvalue weighted by molar-refractivity contribution is 6.46. The number of hydrogen-bond acceptors (Lipinski definition) is 6. The number of carbonyl (C=O) groups excluding carboxylic acids is 2. The van der Waals surface area contributed by atoms with Crippen molar-refractivity contribution in [2.75, 3.05) is 27.4 Å². The van der Waals surface area contributed by atoms with Crippen molar-refractivity contribution in [1.29, 1.82) is 0 Å². The number of aliphatic hydroxyl groups excluding tert-OH is 1. The number of ether oxygens (including phenoxy) is 3. The van der Waals surface area contributed by atoms with Gasteiger partial charge < -0.3 is 24.2 Å². The number of aliphatic hydroxyl groups is 1. The first kappa shape index (κ1) is 22.7. The summed E-state index contributed by atoms with van der Waals surface area (Å²) in [6, 6.07) is 9.95. The number of amides is 1. The highest BCUT2D eigenvalue weighted by Gasteiger charge is 2.46. The molecule has 2 aliphatic rings. The summed E-state index contributed by atoms with van der Waals surface area (Å²) in [5.41, 5.74) is 2.23. The summed E-state index contributed by atoms with van der Waals surface area (Å²) < 4.78 is 16.5. The average Bonchev–Trinajstić information content (AvgIpc) is 3.11. The molecule has 0 aliphatic carbocycles. The van der Waals surface area contributed by atoms with Gasteiger partial charge in [0.2, 0.25) is 0 Å². The van der Waals surface area contributed by atoms with Gasteiger partial charge in [0.1, 0.15) is 11.5 Å². The Morgan fingerprint density at radius 1 is 1.12 bits per heavy atom. The van der Waals surface area contributed by atoms with Crippen molar-refractivity contribution >= 4 is 17.4 Å². The number of ketones is 1. The molecule has 2 aromatic rings. The maximum Gasteiger partial charge on any atom is 0.295 e. The van der Waals surface area contributed by atoms with Crippen LogP contribution in [0.3, 0.4) is 0 Å². The van der Waals surface area contributed by atoms with Gasteiger partial charge in [0.25, 0.3) is 11.7 Å². The molecule has 1 amide bonds. The van der Waals surface area contributed by atoms with Crippen molar-refractivity contribution in [1.82, 2.24) is 4.90 Å². The summed E-state index contributed by atoms with van der Waals surface area (Å²) in [4.78, 5) is 27.7. The van der Waals surface area contributed by atoms with Crippen molar-refractivity contribution in [3.05, 3.63) is 58.7 Å². The van der Waals surface area contributed by atoms with Gasteiger partial charge in [-0.15, -0.1) is 0 Å². The number of benzene rings is 2. The van der Waals surface area contributed by atoms with E-state index in [-0.39, 0.29) is 11.3 Å². The molecule has 7 heteroatoms. The molecule has 1 unspecified atom stereocenters. The van der Waals surface area contributed by atoms with E-state index in [9.17, 15) is 14.7 Å². The number of aryl methyl sites for hydroxylation is 1. The number of fused-ring (bicyclic) bond motifs is 1. The van der Waals surface area contributed by atoms with Crippen LogP contribution in [-0.2, 0) is 16.0 Å². The third kappa shape index (κ3) is 4.15. The predicted octanol–water partition coefficient (Wildman–Crippen LogP) is 4.25. The van der Waals surface area contributed by atoms with Crippen LogP contribution in [0.1, 0.15) is 48.9 Å². The summed E-state index contributed by atoms with van der Waals surface area (Å²) >= 11 is 0. The van der Waals surface area contributed by atoms with Crippen molar-refractivity contribution < 1.29 is 28.9 Å². The minimum Gasteiger partial charge on any atom is -0.507 e. The Hall–Kier alpha value is -3.48. The molecule has 2 aromatic carbocycles. The molecule has 2 heterocycles. The molecular weight excluding hydrogens is 422 g/mol. The minimum atomic E-state index is -0.719. The van der Waals surface area contributed by atoms with Gasteiger partial charge in [-0.2, -0.15) is 0 Å². The van der Waals surface area contributed by atoms with E-state index >= 15 is 0 Å². The molecule has 1 fully saturated rings. The van der Waals surface area contributed by atoms with E-state index in [0.717, 1.165) is 37.0 Å². The lowest BCUT2D eigenvalue weighted by Gasteiger charge is -2.26. The van der Waals surface area contributed by atoms with Gasteiger partial charge in [0.05, 0.1) is 32.4 Å². The quantitative estimate of drug-likeness (QED) is 0.385. The third-order valence-corrected chi connectivity index (χ3v) is 6.20. The van der Waals surface area contributed by atoms with Gasteiger partial charge in [-0.1, -0.05) is 19.4 Å². The zero-order valence-electron chi connectivity index (χ0n) is 19.2. The SMILES string of the molecule is CCCCN1C(=O)C(=O)/C(=C(/O)c2ccc3c(c2)CCCO3)C1c1ccc(OC)c(OC)c1. The summed E-state index contributed by atoms with van der Waals surface area (Å²) in [6.45, 7) is 3.10. The second-order valence-electron chi connectivity index (χ2n) is 8.23. The Labute approximate surface area is 193 Å². The maximum atomic E-state index is 13.2. The standard InChI is InChI=1S/C26H29NO6/c1-4-5-12-27-23(17-8-11-20(31-2)21(15-17)32-3)22(25(29)26(27)30)24(28)18-9-10-19-16(14-18)7-6-13-33-19/h8-11,14-15,23,28H,4-7,12-13H2,1-3H3/b24-22+. The average molecular weight is 452 g/mol. The van der Waals surface area contributed by atoms with Crippen molar-refractivity contribution in [2.24, 2.45) is 0 Å². The molecule has 2 aliphatic heterocycles. The van der Waals surface area contributed by atoms with Gasteiger partial charge in [-0.3, -0.25) is 9.59 Å². The number of hydrogen-bond donors (Lipinski definition) is 1. The third-order valence-electron chi connectivity index (χ3n) is 6.20. The zero-order chi connectivity index (χ0) is 23.5. The van der Waals surface area contributed by atoms with E-state index in [1.807, 2.05) is 19.1 Å². The first-order chi connectivity index (χ1) is 16.0. The number of rotatable bonds is 7. The Morgan fingerprint density at radius 2 is 1.91 bits per heavy atom. The van der Waals surface area contributed by atoms with E-state index in [1.165, 1.54) is 7.11 Å². The van der Waals surface area contributed by atoms with Crippen LogP contribution < -0.4 is 14.2 Å². The molecule has 0 radical (unpaired) electrons. The summed E-state index contributed by atoms with van der Waals surface area (Å²) in [5.74, 6) is 0.352. The van der Waals surface area contributed by atoms with E-state index in [4.69, 9.17) is 14.2 Å². The molecule has 1 N–H and O–H groups in total. The van der Waals surface area contributed by atoms with Crippen LogP contribution in [0.15, 0.2) is 42.0 Å². The highest BCUT2D eigenvalue weighted by atomic mass is 16.5. The van der Waals surface area contributed by atoms with Crippen LogP contribution in [0.2, 0.25) is 0 Å². The van der Waals surface area contributed by atoms with Gasteiger partial charge >= 0.3 is 0 Å². The molecule has 0 bridgehead atoms. The Kier molecular flexibility index (Phi) is 6.58. The van der Waals surface area contributed by atoms with Crippen molar-refractivity contribution in [2.45, 2.75) is 38.6 Å². The van der Waals surface area contributed by atoms with Gasteiger partial charge in [-0.05, 0) is 60.7 Å². The van der Waals surface area contributed by atoms with E-state index in [1.54, 1.807) is 36.3 Å². The van der Waals surface area contributed by atoms with Crippen molar-refractivity contribution in [3.8, 4) is 17.2 Å². The number of likely N-dealkylation sites (tertiary alicyclic amines) is 1. The van der Waals surface area contributed by atoms with E-state index in [0.29, 0.717) is 35.8 Å². The number of methoxy groups -OCH3 is 2. The molecule has 7 nitrogen and oxygen atoms in total. The van der Waals surface area contributed by atoms with Crippen LogP contribution in [-0.4, -0.2) is 49.1 Å². The lowest BCUT2D eigenvalue weighted by molar-refractivity contribution is -0.139. The van der Waals surface area contributed by atoms with Gasteiger partial charge in [0.15, 0.2) is 11.5 Å². The van der Waals surface area contributed by atoms with Crippen LogP contribution >= 0.6 is 0 Å². The molecule has 0 aromatic heterocycles. The monoisotopic (exact) mass is 451 g/mol. The second kappa shape index (κ2) is 9.57.